The largest absolute Gasteiger partial charge is 0.472 e. The average Bonchev–Trinajstić information content (AvgIpc) is 3.26. The predicted octanol–water partition coefficient (Wildman–Crippen LogP) is 15.0. The summed E-state index contributed by atoms with van der Waals surface area (Å²) in [6.07, 6.45) is 68.7. The van der Waals surface area contributed by atoms with Crippen LogP contribution < -0.4 is 5.32 Å². The van der Waals surface area contributed by atoms with Gasteiger partial charge in [-0.3, -0.25) is 13.8 Å². The standard InChI is InChI=1S/C56H95N2O6P/c1-6-8-10-12-14-16-18-19-20-21-22-23-24-25-26-27-28-29-30-31-32-33-34-35-36-37-38-39-40-42-44-46-48-50-56(60)57-54(53-64-65(61,62)63-52-51-58(3,4)5)55(59)49-47-45-43-41-17-15-13-11-9-7-2/h8,10,14,16-17,19-20,22-23,25-26,28-29,31-32,34-35,41,47,49,54-55,59H,6-7,9,11-13,15,18,21,24,27,30,33,36-40,42-46,48,50-53H2,1-5H3,(H-,57,60,61,62)/p+1/b10-8-,16-14-,20-19-,23-22-,26-25-,29-28-,32-31-,35-34-,41-17+,49-47+. The van der Waals surface area contributed by atoms with Crippen LogP contribution >= 0.6 is 7.82 Å². The highest BCUT2D eigenvalue weighted by molar-refractivity contribution is 7.47. The number of aliphatic hydroxyl groups is 1. The number of carbonyl (C=O) groups is 1. The number of amides is 1. The zero-order valence-electron chi connectivity index (χ0n) is 41.9. The SMILES string of the molecule is CC/C=C\C/C=C\C/C=C\C/C=C\C/C=C\C/C=C\C/C=C\C/C=C\CCCCCCCCCCC(=O)NC(COP(=O)(O)OCC[N+](C)(C)C)C(O)/C=C/CC/C=C/CCCCCC. The Morgan fingerprint density at radius 2 is 0.938 bits per heavy atom. The van der Waals surface area contributed by atoms with Crippen molar-refractivity contribution in [1.82, 2.24) is 5.32 Å². The minimum absolute atomic E-state index is 0.0476. The maximum Gasteiger partial charge on any atom is 0.472 e. The van der Waals surface area contributed by atoms with E-state index in [1.54, 1.807) is 6.08 Å². The number of nitrogens with zero attached hydrogens (tertiary/aromatic N) is 1. The van der Waals surface area contributed by atoms with Gasteiger partial charge in [-0.1, -0.05) is 193 Å². The molecule has 0 aliphatic rings. The van der Waals surface area contributed by atoms with Crippen LogP contribution in [0, 0.1) is 0 Å². The van der Waals surface area contributed by atoms with E-state index in [0.717, 1.165) is 103 Å². The molecule has 9 heteroatoms. The van der Waals surface area contributed by atoms with Crippen molar-refractivity contribution < 1.29 is 32.9 Å². The highest BCUT2D eigenvalue weighted by Gasteiger charge is 2.27. The molecule has 1 amide bonds. The Balaban J connectivity index is 4.19. The van der Waals surface area contributed by atoms with Gasteiger partial charge in [0.05, 0.1) is 39.9 Å². The number of allylic oxidation sites excluding steroid dienone is 19. The fourth-order valence-corrected chi connectivity index (χ4v) is 7.16. The number of likely N-dealkylation sites (N-methyl/N-ethyl adjacent to an activating group) is 1. The predicted molar refractivity (Wildman–Crippen MR) is 281 cm³/mol. The van der Waals surface area contributed by atoms with E-state index < -0.39 is 20.0 Å². The van der Waals surface area contributed by atoms with Crippen molar-refractivity contribution in [3.63, 3.8) is 0 Å². The number of hydrogen-bond acceptors (Lipinski definition) is 5. The molecule has 0 rings (SSSR count). The van der Waals surface area contributed by atoms with Gasteiger partial charge in [0.25, 0.3) is 0 Å². The summed E-state index contributed by atoms with van der Waals surface area (Å²) in [7, 11) is 1.53. The van der Waals surface area contributed by atoms with Crippen LogP contribution in [-0.2, 0) is 18.4 Å². The Morgan fingerprint density at radius 3 is 1.42 bits per heavy atom. The van der Waals surface area contributed by atoms with Gasteiger partial charge in [-0.25, -0.2) is 4.57 Å². The molecule has 0 aromatic rings. The first-order valence-electron chi connectivity index (χ1n) is 25.4. The van der Waals surface area contributed by atoms with Gasteiger partial charge in [-0.15, -0.1) is 0 Å². The first-order valence-corrected chi connectivity index (χ1v) is 26.9. The Kier molecular flexibility index (Phi) is 43.8. The summed E-state index contributed by atoms with van der Waals surface area (Å²) in [5, 5.41) is 13.8. The fourth-order valence-electron chi connectivity index (χ4n) is 6.42. The van der Waals surface area contributed by atoms with Gasteiger partial charge in [0, 0.05) is 6.42 Å². The monoisotopic (exact) mass is 924 g/mol. The van der Waals surface area contributed by atoms with E-state index in [1.807, 2.05) is 27.2 Å². The summed E-state index contributed by atoms with van der Waals surface area (Å²) in [4.78, 5) is 23.1. The summed E-state index contributed by atoms with van der Waals surface area (Å²) in [5.74, 6) is -0.204. The second-order valence-electron chi connectivity index (χ2n) is 17.8. The Labute approximate surface area is 399 Å². The lowest BCUT2D eigenvalue weighted by molar-refractivity contribution is -0.870. The van der Waals surface area contributed by atoms with Crippen molar-refractivity contribution in [2.75, 3.05) is 40.9 Å². The molecule has 0 heterocycles. The molecule has 0 saturated heterocycles. The number of phosphoric acid groups is 1. The summed E-state index contributed by atoms with van der Waals surface area (Å²) in [6.45, 7) is 4.60. The summed E-state index contributed by atoms with van der Waals surface area (Å²) >= 11 is 0. The van der Waals surface area contributed by atoms with Crippen LogP contribution in [0.5, 0.6) is 0 Å². The maximum absolute atomic E-state index is 12.9. The average molecular weight is 924 g/mol. The van der Waals surface area contributed by atoms with Crippen molar-refractivity contribution in [3.05, 3.63) is 122 Å². The zero-order chi connectivity index (χ0) is 47.8. The Hall–Kier alpha value is -3.10. The molecule has 3 atom stereocenters. The fraction of sp³-hybridized carbons (Fsp3) is 0.625. The Bertz CT molecular complexity index is 1460. The van der Waals surface area contributed by atoms with E-state index in [-0.39, 0.29) is 19.1 Å². The third kappa shape index (κ3) is 48.6. The molecule has 8 nitrogen and oxygen atoms in total. The van der Waals surface area contributed by atoms with Crippen LogP contribution in [0.4, 0.5) is 0 Å². The molecule has 0 saturated carbocycles. The van der Waals surface area contributed by atoms with Crippen LogP contribution in [-0.4, -0.2) is 73.4 Å². The lowest BCUT2D eigenvalue weighted by Gasteiger charge is -2.25. The first-order chi connectivity index (χ1) is 31.5. The molecule has 0 fully saturated rings. The van der Waals surface area contributed by atoms with Gasteiger partial charge in [0.2, 0.25) is 5.91 Å². The van der Waals surface area contributed by atoms with Gasteiger partial charge >= 0.3 is 7.82 Å². The number of aliphatic hydroxyl groups excluding tert-OH is 1. The highest BCUT2D eigenvalue weighted by atomic mass is 31.2. The van der Waals surface area contributed by atoms with Crippen molar-refractivity contribution >= 4 is 13.7 Å². The molecular weight excluding hydrogens is 828 g/mol. The maximum atomic E-state index is 12.9. The number of quaternary nitrogens is 1. The number of rotatable bonds is 44. The van der Waals surface area contributed by atoms with Crippen LogP contribution in [0.1, 0.15) is 174 Å². The molecule has 0 spiro atoms. The van der Waals surface area contributed by atoms with Gasteiger partial charge < -0.3 is 19.8 Å². The van der Waals surface area contributed by atoms with E-state index in [1.165, 1.54) is 51.4 Å². The van der Waals surface area contributed by atoms with Gasteiger partial charge in [-0.2, -0.15) is 0 Å². The van der Waals surface area contributed by atoms with Crippen molar-refractivity contribution in [3.8, 4) is 0 Å². The molecule has 65 heavy (non-hydrogen) atoms. The molecular formula is C56H96N2O6P+. The molecule has 0 aromatic carbocycles. The quantitative estimate of drug-likeness (QED) is 0.0243. The van der Waals surface area contributed by atoms with E-state index >= 15 is 0 Å². The lowest BCUT2D eigenvalue weighted by atomic mass is 10.1. The number of phosphoric ester groups is 1. The van der Waals surface area contributed by atoms with E-state index in [4.69, 9.17) is 9.05 Å². The van der Waals surface area contributed by atoms with Crippen LogP contribution in [0.15, 0.2) is 122 Å². The molecule has 0 aliphatic carbocycles. The summed E-state index contributed by atoms with van der Waals surface area (Å²) in [5.41, 5.74) is 0. The minimum atomic E-state index is -4.35. The first kappa shape index (κ1) is 61.9. The number of nitrogens with one attached hydrogen (secondary N) is 1. The van der Waals surface area contributed by atoms with Gasteiger partial charge in [0.1, 0.15) is 13.2 Å². The van der Waals surface area contributed by atoms with Crippen molar-refractivity contribution in [2.45, 2.75) is 187 Å². The van der Waals surface area contributed by atoms with E-state index in [9.17, 15) is 19.4 Å². The topological polar surface area (TPSA) is 105 Å². The van der Waals surface area contributed by atoms with Gasteiger partial charge in [0.15, 0.2) is 0 Å². The normalized spacial score (nSPS) is 15.1. The summed E-state index contributed by atoms with van der Waals surface area (Å²) < 4.78 is 23.5. The third-order valence-corrected chi connectivity index (χ3v) is 11.4. The van der Waals surface area contributed by atoms with Crippen LogP contribution in [0.2, 0.25) is 0 Å². The lowest BCUT2D eigenvalue weighted by Crippen LogP contribution is -2.45. The molecule has 0 aliphatic heterocycles. The Morgan fingerprint density at radius 1 is 0.538 bits per heavy atom. The van der Waals surface area contributed by atoms with E-state index in [0.29, 0.717) is 17.4 Å². The summed E-state index contributed by atoms with van der Waals surface area (Å²) in [6, 6.07) is -0.874. The second kappa shape index (κ2) is 46.0. The highest BCUT2D eigenvalue weighted by Crippen LogP contribution is 2.43. The molecule has 3 unspecified atom stereocenters. The van der Waals surface area contributed by atoms with Crippen LogP contribution in [0.3, 0.4) is 0 Å². The minimum Gasteiger partial charge on any atom is -0.387 e. The van der Waals surface area contributed by atoms with E-state index in [2.05, 4.69) is 129 Å². The third-order valence-electron chi connectivity index (χ3n) is 10.4. The van der Waals surface area contributed by atoms with Crippen molar-refractivity contribution in [2.24, 2.45) is 0 Å². The molecule has 0 bridgehead atoms. The van der Waals surface area contributed by atoms with Gasteiger partial charge in [-0.05, 0) is 96.3 Å². The molecule has 0 aromatic heterocycles. The number of unbranched alkanes of at least 4 members (excludes halogenated alkanes) is 13. The number of hydrogen-bond donors (Lipinski definition) is 3. The zero-order valence-corrected chi connectivity index (χ0v) is 42.8. The smallest absolute Gasteiger partial charge is 0.387 e. The molecule has 0 radical (unpaired) electrons. The van der Waals surface area contributed by atoms with Crippen molar-refractivity contribution in [1.29, 1.82) is 0 Å². The van der Waals surface area contributed by atoms with Crippen LogP contribution in [0.25, 0.3) is 0 Å². The number of carbonyl (C=O) groups excluding carboxylic acids is 1. The molecule has 3 N–H and O–H groups in total. The molecule has 370 valence electrons. The second-order valence-corrected chi connectivity index (χ2v) is 19.3.